The van der Waals surface area contributed by atoms with E-state index in [0.29, 0.717) is 0 Å². The second kappa shape index (κ2) is 5.95. The van der Waals surface area contributed by atoms with Gasteiger partial charge in [0.25, 0.3) is 10.2 Å². The Labute approximate surface area is 119 Å². The van der Waals surface area contributed by atoms with Crippen LogP contribution < -0.4 is 5.14 Å². The van der Waals surface area contributed by atoms with Crippen LogP contribution in [0.1, 0.15) is 31.1 Å². The zero-order valence-corrected chi connectivity index (χ0v) is 12.6. The highest BCUT2D eigenvalue weighted by molar-refractivity contribution is 7.86. The van der Waals surface area contributed by atoms with Gasteiger partial charge in [0.05, 0.1) is 0 Å². The Morgan fingerprint density at radius 1 is 1.30 bits per heavy atom. The summed E-state index contributed by atoms with van der Waals surface area (Å²) >= 11 is 0. The molecular weight excluding hydrogens is 276 g/mol. The maximum atomic E-state index is 11.4. The molecule has 2 rings (SSSR count). The summed E-state index contributed by atoms with van der Waals surface area (Å²) in [6.45, 7) is 2.34. The number of hydrogen-bond acceptors (Lipinski definition) is 3. The van der Waals surface area contributed by atoms with E-state index < -0.39 is 10.2 Å². The molecule has 0 amide bonds. The molecule has 2 aromatic rings. The minimum Gasteiger partial charge on any atom is -0.461 e. The number of nitrogens with two attached hydrogens (primary N) is 1. The molecule has 0 unspecified atom stereocenters. The first-order valence-electron chi connectivity index (χ1n) is 6.66. The van der Waals surface area contributed by atoms with Crippen LogP contribution in [0.25, 0.3) is 11.0 Å². The summed E-state index contributed by atoms with van der Waals surface area (Å²) in [4.78, 5) is 0. The van der Waals surface area contributed by atoms with Gasteiger partial charge in [0, 0.05) is 31.0 Å². The molecule has 0 saturated carbocycles. The van der Waals surface area contributed by atoms with Crippen LogP contribution in [0.5, 0.6) is 0 Å². The van der Waals surface area contributed by atoms with Gasteiger partial charge in [-0.05, 0) is 12.5 Å². The van der Waals surface area contributed by atoms with E-state index in [-0.39, 0.29) is 6.54 Å². The molecule has 0 saturated heterocycles. The molecule has 0 fully saturated rings. The molecule has 20 heavy (non-hydrogen) atoms. The van der Waals surface area contributed by atoms with E-state index in [1.807, 2.05) is 24.3 Å². The van der Waals surface area contributed by atoms with Crippen LogP contribution >= 0.6 is 0 Å². The smallest absolute Gasteiger partial charge is 0.276 e. The van der Waals surface area contributed by atoms with E-state index in [1.54, 1.807) is 0 Å². The molecule has 0 bridgehead atoms. The maximum absolute atomic E-state index is 11.4. The van der Waals surface area contributed by atoms with Gasteiger partial charge in [0.1, 0.15) is 11.3 Å². The number of furan rings is 1. The Morgan fingerprint density at radius 3 is 2.65 bits per heavy atom. The van der Waals surface area contributed by atoms with Crippen molar-refractivity contribution in [3.8, 4) is 0 Å². The number of unbranched alkanes of at least 4 members (excludes halogenated alkanes) is 1. The third kappa shape index (κ3) is 3.20. The standard InChI is InChI=1S/C14H20N2O3S/c1-3-4-8-14-12(10-16(2)20(15,17)18)11-7-5-6-9-13(11)19-14/h5-7,9H,3-4,8,10H2,1-2H3,(H2,15,17,18). The number of fused-ring (bicyclic) bond motifs is 1. The number of benzene rings is 1. The van der Waals surface area contributed by atoms with Crippen LogP contribution in [0, 0.1) is 0 Å². The van der Waals surface area contributed by atoms with Gasteiger partial charge in [-0.15, -0.1) is 0 Å². The van der Waals surface area contributed by atoms with Crippen molar-refractivity contribution in [2.75, 3.05) is 7.05 Å². The Morgan fingerprint density at radius 2 is 2.00 bits per heavy atom. The number of nitrogens with zero attached hydrogens (tertiary/aromatic N) is 1. The lowest BCUT2D eigenvalue weighted by molar-refractivity contribution is 0.457. The largest absolute Gasteiger partial charge is 0.461 e. The predicted molar refractivity (Wildman–Crippen MR) is 79.4 cm³/mol. The van der Waals surface area contributed by atoms with Gasteiger partial charge >= 0.3 is 0 Å². The summed E-state index contributed by atoms with van der Waals surface area (Å²) in [6.07, 6.45) is 2.87. The monoisotopic (exact) mass is 296 g/mol. The van der Waals surface area contributed by atoms with Crippen LogP contribution in [0.4, 0.5) is 0 Å². The third-order valence-electron chi connectivity index (χ3n) is 3.35. The fourth-order valence-electron chi connectivity index (χ4n) is 2.17. The third-order valence-corrected chi connectivity index (χ3v) is 4.35. The van der Waals surface area contributed by atoms with Crippen molar-refractivity contribution in [3.05, 3.63) is 35.6 Å². The fraction of sp³-hybridized carbons (Fsp3) is 0.429. The minimum absolute atomic E-state index is 0.231. The predicted octanol–water partition coefficient (Wildman–Crippen LogP) is 2.41. The Kier molecular flexibility index (Phi) is 4.47. The van der Waals surface area contributed by atoms with Crippen LogP contribution in [0.2, 0.25) is 0 Å². The van der Waals surface area contributed by atoms with Gasteiger partial charge in [-0.2, -0.15) is 12.7 Å². The Balaban J connectivity index is 2.42. The second-order valence-electron chi connectivity index (χ2n) is 4.90. The first kappa shape index (κ1) is 15.0. The minimum atomic E-state index is -3.69. The van der Waals surface area contributed by atoms with Gasteiger partial charge < -0.3 is 4.42 Å². The summed E-state index contributed by atoms with van der Waals surface area (Å²) in [6, 6.07) is 7.66. The van der Waals surface area contributed by atoms with E-state index >= 15 is 0 Å². The number of aryl methyl sites for hydroxylation is 1. The van der Waals surface area contributed by atoms with Crippen molar-refractivity contribution < 1.29 is 12.8 Å². The molecule has 1 heterocycles. The van der Waals surface area contributed by atoms with E-state index in [0.717, 1.165) is 45.9 Å². The van der Waals surface area contributed by atoms with Crippen molar-refractivity contribution in [2.45, 2.75) is 32.7 Å². The molecule has 1 aromatic heterocycles. The molecule has 5 nitrogen and oxygen atoms in total. The van der Waals surface area contributed by atoms with Crippen LogP contribution in [-0.4, -0.2) is 19.8 Å². The van der Waals surface area contributed by atoms with Crippen molar-refractivity contribution in [3.63, 3.8) is 0 Å². The zero-order chi connectivity index (χ0) is 14.8. The SMILES string of the molecule is CCCCc1oc2ccccc2c1CN(C)S(N)(=O)=O. The summed E-state index contributed by atoms with van der Waals surface area (Å²) in [5, 5.41) is 6.11. The van der Waals surface area contributed by atoms with Crippen LogP contribution in [0.15, 0.2) is 28.7 Å². The maximum Gasteiger partial charge on any atom is 0.276 e. The lowest BCUT2D eigenvalue weighted by Gasteiger charge is -2.13. The molecule has 0 aliphatic carbocycles. The van der Waals surface area contributed by atoms with Crippen molar-refractivity contribution >= 4 is 21.2 Å². The lowest BCUT2D eigenvalue weighted by Crippen LogP contribution is -2.32. The highest BCUT2D eigenvalue weighted by atomic mass is 32.2. The van der Waals surface area contributed by atoms with Crippen molar-refractivity contribution in [2.24, 2.45) is 5.14 Å². The first-order chi connectivity index (χ1) is 9.43. The van der Waals surface area contributed by atoms with Gasteiger partial charge in [-0.25, -0.2) is 5.14 Å². The molecule has 0 aliphatic rings. The number of hydrogen-bond donors (Lipinski definition) is 1. The zero-order valence-electron chi connectivity index (χ0n) is 11.8. The topological polar surface area (TPSA) is 76.5 Å². The second-order valence-corrected chi connectivity index (χ2v) is 6.56. The van der Waals surface area contributed by atoms with E-state index in [1.165, 1.54) is 7.05 Å². The lowest BCUT2D eigenvalue weighted by atomic mass is 10.1. The summed E-state index contributed by atoms with van der Waals surface area (Å²) < 4.78 is 29.8. The van der Waals surface area contributed by atoms with Crippen molar-refractivity contribution in [1.29, 1.82) is 0 Å². The van der Waals surface area contributed by atoms with Gasteiger partial charge in [-0.1, -0.05) is 31.5 Å². The van der Waals surface area contributed by atoms with Crippen LogP contribution in [0.3, 0.4) is 0 Å². The summed E-state index contributed by atoms with van der Waals surface area (Å²) in [7, 11) is -2.22. The Hall–Kier alpha value is -1.37. The Bertz CT molecular complexity index is 692. The molecule has 0 aliphatic heterocycles. The molecule has 0 radical (unpaired) electrons. The quantitative estimate of drug-likeness (QED) is 0.889. The van der Waals surface area contributed by atoms with Gasteiger partial charge in [0.2, 0.25) is 0 Å². The average molecular weight is 296 g/mol. The summed E-state index contributed by atoms with van der Waals surface area (Å²) in [5.41, 5.74) is 1.70. The highest BCUT2D eigenvalue weighted by Gasteiger charge is 2.19. The molecule has 2 N–H and O–H groups in total. The van der Waals surface area contributed by atoms with E-state index in [2.05, 4.69) is 6.92 Å². The molecule has 0 spiro atoms. The average Bonchev–Trinajstić information content (AvgIpc) is 2.73. The molecule has 1 aromatic carbocycles. The number of rotatable bonds is 6. The van der Waals surface area contributed by atoms with Gasteiger partial charge in [0.15, 0.2) is 0 Å². The number of para-hydroxylation sites is 1. The summed E-state index contributed by atoms with van der Waals surface area (Å²) in [5.74, 6) is 0.851. The van der Waals surface area contributed by atoms with Gasteiger partial charge in [-0.3, -0.25) is 0 Å². The van der Waals surface area contributed by atoms with E-state index in [9.17, 15) is 8.42 Å². The fourth-order valence-corrected chi connectivity index (χ4v) is 2.48. The first-order valence-corrected chi connectivity index (χ1v) is 8.17. The normalized spacial score (nSPS) is 12.4. The van der Waals surface area contributed by atoms with Crippen LogP contribution in [-0.2, 0) is 23.2 Å². The van der Waals surface area contributed by atoms with E-state index in [4.69, 9.17) is 9.56 Å². The van der Waals surface area contributed by atoms with Crippen molar-refractivity contribution in [1.82, 2.24) is 4.31 Å². The highest BCUT2D eigenvalue weighted by Crippen LogP contribution is 2.28. The molecule has 6 heteroatoms. The molecular formula is C14H20N2O3S. The molecule has 0 atom stereocenters. The molecule has 110 valence electrons.